The maximum absolute atomic E-state index is 6.76. The Morgan fingerprint density at radius 2 is 1.43 bits per heavy atom. The van der Waals surface area contributed by atoms with Crippen molar-refractivity contribution in [2.24, 2.45) is 5.92 Å². The fourth-order valence-corrected chi connectivity index (χ4v) is 9.48. The molecule has 3 heterocycles. The smallest absolute Gasteiger partial charge is 0.161 e. The Morgan fingerprint density at radius 1 is 0.642 bits per heavy atom. The van der Waals surface area contributed by atoms with Crippen LogP contribution >= 0.6 is 11.3 Å². The van der Waals surface area contributed by atoms with Gasteiger partial charge in [-0.25, -0.2) is 9.97 Å². The molecule has 0 spiro atoms. The van der Waals surface area contributed by atoms with Crippen molar-refractivity contribution in [3.63, 3.8) is 0 Å². The molecule has 0 fully saturated rings. The third-order valence-corrected chi connectivity index (χ3v) is 12.0. The van der Waals surface area contributed by atoms with Crippen molar-refractivity contribution in [1.29, 1.82) is 0 Å². The van der Waals surface area contributed by atoms with Crippen LogP contribution in [0.4, 0.5) is 0 Å². The zero-order valence-electron chi connectivity index (χ0n) is 28.8. The number of nitrogens with zero attached hydrogens (tertiary/aromatic N) is 2. The molecule has 0 N–H and O–H groups in total. The quantitative estimate of drug-likeness (QED) is 0.184. The highest BCUT2D eigenvalue weighted by Crippen LogP contribution is 2.45. The molecule has 0 saturated carbocycles. The monoisotopic (exact) mass is 696 g/mol. The summed E-state index contributed by atoms with van der Waals surface area (Å²) in [7, 11) is 0. The van der Waals surface area contributed by atoms with Crippen LogP contribution < -0.4 is 0 Å². The molecule has 8 aromatic rings. The van der Waals surface area contributed by atoms with Crippen molar-refractivity contribution in [2.45, 2.75) is 12.8 Å². The van der Waals surface area contributed by atoms with E-state index < -0.39 is 0 Å². The average Bonchev–Trinajstić information content (AvgIpc) is 3.61. The van der Waals surface area contributed by atoms with Crippen molar-refractivity contribution in [3.8, 4) is 22.6 Å². The summed E-state index contributed by atoms with van der Waals surface area (Å²) >= 11 is 1.76. The molecule has 3 nitrogen and oxygen atoms in total. The zero-order chi connectivity index (χ0) is 34.9. The lowest BCUT2D eigenvalue weighted by Crippen LogP contribution is -1.99. The summed E-state index contributed by atoms with van der Waals surface area (Å²) in [6.07, 6.45) is 24.5. The van der Waals surface area contributed by atoms with Crippen LogP contribution in [0.3, 0.4) is 0 Å². The van der Waals surface area contributed by atoms with Gasteiger partial charge in [-0.3, -0.25) is 0 Å². The molecule has 11 rings (SSSR count). The van der Waals surface area contributed by atoms with Gasteiger partial charge in [-0.15, -0.1) is 11.3 Å². The Labute approximate surface area is 310 Å². The van der Waals surface area contributed by atoms with Crippen molar-refractivity contribution in [2.75, 3.05) is 0 Å². The van der Waals surface area contributed by atoms with Gasteiger partial charge in [0.25, 0.3) is 0 Å². The highest BCUT2D eigenvalue weighted by Gasteiger charge is 2.23. The Bertz CT molecular complexity index is 3050. The fraction of sp³-hybridized carbons (Fsp3) is 0.0612. The molecule has 3 aliphatic carbocycles. The standard InChI is InChI=1S/C49H32N2OS/c1-2-14-33(15-3-1)45-48-46(39-19-8-9-23-43(39)53-48)51-49(50-45)40-29-41-44-36(21-11-22-42(44)52-47(41)38-18-7-6-17-37(38)40)32-26-24-31(25-27-32)35-20-10-13-30-12-4-5-16-34(35)28-30/h1-24,26,28-30H,25,27H2. The topological polar surface area (TPSA) is 38.9 Å². The number of rotatable bonds is 4. The molecule has 2 bridgehead atoms. The molecular weight excluding hydrogens is 665 g/mol. The maximum Gasteiger partial charge on any atom is 0.161 e. The van der Waals surface area contributed by atoms with Crippen LogP contribution in [0, 0.1) is 5.92 Å². The van der Waals surface area contributed by atoms with Gasteiger partial charge in [0, 0.05) is 43.3 Å². The van der Waals surface area contributed by atoms with Gasteiger partial charge < -0.3 is 4.42 Å². The van der Waals surface area contributed by atoms with E-state index in [4.69, 9.17) is 14.4 Å². The average molecular weight is 697 g/mol. The summed E-state index contributed by atoms with van der Waals surface area (Å²) in [4.78, 5) is 10.8. The first-order valence-electron chi connectivity index (χ1n) is 18.2. The first-order chi connectivity index (χ1) is 26.3. The zero-order valence-corrected chi connectivity index (χ0v) is 29.6. The second-order valence-electron chi connectivity index (χ2n) is 14.0. The number of hydrogen-bond acceptors (Lipinski definition) is 4. The summed E-state index contributed by atoms with van der Waals surface area (Å²) < 4.78 is 9.09. The van der Waals surface area contributed by atoms with Crippen molar-refractivity contribution in [3.05, 3.63) is 186 Å². The number of aromatic nitrogens is 2. The first kappa shape index (κ1) is 30.3. The molecular formula is C49H32N2OS. The number of hydrogen-bond donors (Lipinski definition) is 0. The molecule has 0 amide bonds. The number of allylic oxidation sites excluding steroid dienone is 14. The van der Waals surface area contributed by atoms with E-state index >= 15 is 0 Å². The van der Waals surface area contributed by atoms with Gasteiger partial charge in [-0.05, 0) is 64.3 Å². The molecule has 53 heavy (non-hydrogen) atoms. The van der Waals surface area contributed by atoms with Crippen molar-refractivity contribution < 1.29 is 4.42 Å². The first-order valence-corrected chi connectivity index (χ1v) is 19.1. The molecule has 0 radical (unpaired) electrons. The van der Waals surface area contributed by atoms with Gasteiger partial charge in [0.2, 0.25) is 0 Å². The van der Waals surface area contributed by atoms with Crippen LogP contribution in [0.15, 0.2) is 185 Å². The van der Waals surface area contributed by atoms with Gasteiger partial charge >= 0.3 is 0 Å². The van der Waals surface area contributed by atoms with Crippen LogP contribution in [-0.2, 0) is 0 Å². The van der Waals surface area contributed by atoms with Crippen molar-refractivity contribution >= 4 is 69.9 Å². The Hall–Kier alpha value is -6.36. The highest BCUT2D eigenvalue weighted by molar-refractivity contribution is 7.26. The normalized spacial score (nSPS) is 16.9. The van der Waals surface area contributed by atoms with E-state index in [2.05, 4.69) is 164 Å². The summed E-state index contributed by atoms with van der Waals surface area (Å²) in [6, 6.07) is 36.3. The number of fused-ring (bicyclic) bond motifs is 9. The van der Waals surface area contributed by atoms with Gasteiger partial charge in [0.1, 0.15) is 11.2 Å². The number of benzene rings is 5. The largest absolute Gasteiger partial charge is 0.455 e. The minimum atomic E-state index is 0.332. The molecule has 1 atom stereocenters. The van der Waals surface area contributed by atoms with E-state index in [0.717, 1.165) is 83.8 Å². The lowest BCUT2D eigenvalue weighted by atomic mass is 9.85. The molecule has 4 heteroatoms. The van der Waals surface area contributed by atoms with E-state index in [1.807, 2.05) is 0 Å². The van der Waals surface area contributed by atoms with Gasteiger partial charge in [-0.2, -0.15) is 0 Å². The summed E-state index contributed by atoms with van der Waals surface area (Å²) in [6.45, 7) is 0. The molecule has 5 aromatic carbocycles. The van der Waals surface area contributed by atoms with E-state index in [1.165, 1.54) is 32.6 Å². The second-order valence-corrected chi connectivity index (χ2v) is 15.0. The van der Waals surface area contributed by atoms with Gasteiger partial charge in [-0.1, -0.05) is 146 Å². The molecule has 0 aliphatic heterocycles. The lowest BCUT2D eigenvalue weighted by Gasteiger charge is -2.19. The number of thiophene rings is 1. The molecule has 3 aliphatic rings. The second kappa shape index (κ2) is 12.1. The van der Waals surface area contributed by atoms with E-state index in [1.54, 1.807) is 11.3 Å². The van der Waals surface area contributed by atoms with E-state index in [9.17, 15) is 0 Å². The van der Waals surface area contributed by atoms with Gasteiger partial charge in [0.15, 0.2) is 5.82 Å². The minimum absolute atomic E-state index is 0.332. The summed E-state index contributed by atoms with van der Waals surface area (Å²) in [5, 5.41) is 5.53. The molecule has 250 valence electrons. The van der Waals surface area contributed by atoms with Crippen LogP contribution in [0.25, 0.3) is 81.2 Å². The third-order valence-electron chi connectivity index (χ3n) is 10.9. The van der Waals surface area contributed by atoms with Gasteiger partial charge in [0.05, 0.1) is 15.9 Å². The van der Waals surface area contributed by atoms with Crippen LogP contribution in [-0.4, -0.2) is 9.97 Å². The SMILES string of the molecule is C1=CC2=CC(C=C1)C=CC=C2C1=CC=C(c2cccc3oc4c5ccccc5c(-c5nc(-c6ccccc6)c6sc7ccccc7c6n5)cc4c23)CC1. The van der Waals surface area contributed by atoms with E-state index in [-0.39, 0.29) is 0 Å². The van der Waals surface area contributed by atoms with Crippen molar-refractivity contribution in [1.82, 2.24) is 9.97 Å². The Morgan fingerprint density at radius 3 is 2.32 bits per heavy atom. The maximum atomic E-state index is 6.76. The third kappa shape index (κ3) is 4.94. The lowest BCUT2D eigenvalue weighted by molar-refractivity contribution is 0.672. The predicted molar refractivity (Wildman–Crippen MR) is 223 cm³/mol. The fourth-order valence-electron chi connectivity index (χ4n) is 8.33. The minimum Gasteiger partial charge on any atom is -0.455 e. The molecule has 1 unspecified atom stereocenters. The van der Waals surface area contributed by atoms with Crippen LogP contribution in [0.2, 0.25) is 0 Å². The van der Waals surface area contributed by atoms with Crippen LogP contribution in [0.5, 0.6) is 0 Å². The Balaban J connectivity index is 1.12. The summed E-state index contributed by atoms with van der Waals surface area (Å²) in [5.74, 6) is 1.05. The molecule has 3 aromatic heterocycles. The predicted octanol–water partition coefficient (Wildman–Crippen LogP) is 13.5. The molecule has 0 saturated heterocycles. The Kier molecular flexibility index (Phi) is 6.92. The van der Waals surface area contributed by atoms with Crippen LogP contribution in [0.1, 0.15) is 18.4 Å². The highest BCUT2D eigenvalue weighted by atomic mass is 32.1. The number of furan rings is 1. The summed E-state index contributed by atoms with van der Waals surface area (Å²) in [5.41, 5.74) is 12.4. The van der Waals surface area contributed by atoms with E-state index in [0.29, 0.717) is 5.92 Å².